The van der Waals surface area contributed by atoms with Gasteiger partial charge >= 0.3 is 0 Å². The molecule has 0 radical (unpaired) electrons. The highest BCUT2D eigenvalue weighted by molar-refractivity contribution is 5.60. The molecule has 0 fully saturated rings. The van der Waals surface area contributed by atoms with E-state index in [4.69, 9.17) is 4.74 Å². The van der Waals surface area contributed by atoms with Crippen molar-refractivity contribution in [3.05, 3.63) is 58.7 Å². The van der Waals surface area contributed by atoms with E-state index >= 15 is 0 Å². The Morgan fingerprint density at radius 2 is 2.05 bits per heavy atom. The lowest BCUT2D eigenvalue weighted by Gasteiger charge is -2.16. The predicted octanol–water partition coefficient (Wildman–Crippen LogP) is 5.06. The number of hydrogen-bond donors (Lipinski definition) is 1. The van der Waals surface area contributed by atoms with Crippen LogP contribution in [0.25, 0.3) is 0 Å². The summed E-state index contributed by atoms with van der Waals surface area (Å²) in [6.07, 6.45) is 4.73. The monoisotopic (exact) mass is 295 g/mol. The molecular formula is C20H25NO. The Hall–Kier alpha value is -1.96. The van der Waals surface area contributed by atoms with E-state index in [1.807, 2.05) is 0 Å². The van der Waals surface area contributed by atoms with Crippen molar-refractivity contribution in [1.29, 1.82) is 0 Å². The fraction of sp³-hybridized carbons (Fsp3) is 0.400. The number of benzene rings is 2. The predicted molar refractivity (Wildman–Crippen MR) is 92.9 cm³/mol. The Bertz CT molecular complexity index is 663. The summed E-state index contributed by atoms with van der Waals surface area (Å²) in [6.45, 7) is 4.38. The lowest BCUT2D eigenvalue weighted by molar-refractivity contribution is 0.407. The van der Waals surface area contributed by atoms with Crippen LogP contribution < -0.4 is 10.1 Å². The van der Waals surface area contributed by atoms with Gasteiger partial charge in [-0.2, -0.15) is 0 Å². The van der Waals surface area contributed by atoms with Gasteiger partial charge in [-0.25, -0.2) is 0 Å². The number of aryl methyl sites for hydroxylation is 2. The van der Waals surface area contributed by atoms with Gasteiger partial charge in [-0.1, -0.05) is 43.2 Å². The van der Waals surface area contributed by atoms with E-state index in [1.54, 1.807) is 7.11 Å². The zero-order valence-electron chi connectivity index (χ0n) is 13.8. The smallest absolute Gasteiger partial charge is 0.124 e. The third-order valence-electron chi connectivity index (χ3n) is 4.50. The first-order valence-electron chi connectivity index (χ1n) is 8.24. The normalized spacial score (nSPS) is 16.2. The quantitative estimate of drug-likeness (QED) is 0.833. The summed E-state index contributed by atoms with van der Waals surface area (Å²) in [5, 5.41) is 3.66. The first-order chi connectivity index (χ1) is 10.7. The van der Waals surface area contributed by atoms with E-state index < -0.39 is 0 Å². The molecule has 0 amide bonds. The lowest BCUT2D eigenvalue weighted by atomic mass is 9.98. The minimum atomic E-state index is 0.311. The number of anilines is 1. The highest BCUT2D eigenvalue weighted by Crippen LogP contribution is 2.38. The Balaban J connectivity index is 1.83. The molecule has 2 nitrogen and oxygen atoms in total. The standard InChI is InChI=1S/C20H25NO/c1-4-5-6-15-8-9-18-16(12-15)13-19(21-18)17-11-14(2)7-10-20(17)22-3/h7-12,19,21H,4-6,13H2,1-3H3. The average molecular weight is 295 g/mol. The third-order valence-corrected chi connectivity index (χ3v) is 4.50. The van der Waals surface area contributed by atoms with Crippen molar-refractivity contribution in [1.82, 2.24) is 0 Å². The Morgan fingerprint density at radius 3 is 2.82 bits per heavy atom. The molecule has 0 aromatic heterocycles. The van der Waals surface area contributed by atoms with Crippen molar-refractivity contribution >= 4 is 5.69 Å². The molecule has 0 saturated heterocycles. The van der Waals surface area contributed by atoms with Crippen LogP contribution in [0.5, 0.6) is 5.75 Å². The van der Waals surface area contributed by atoms with Gasteiger partial charge in [0.1, 0.15) is 5.75 Å². The summed E-state index contributed by atoms with van der Waals surface area (Å²) in [7, 11) is 1.75. The molecule has 0 saturated carbocycles. The van der Waals surface area contributed by atoms with Crippen molar-refractivity contribution in [3.63, 3.8) is 0 Å². The molecule has 116 valence electrons. The van der Waals surface area contributed by atoms with Crippen molar-refractivity contribution < 1.29 is 4.74 Å². The van der Waals surface area contributed by atoms with Crippen LogP contribution in [0, 0.1) is 6.92 Å². The Labute approximate surface area is 133 Å². The summed E-state index contributed by atoms with van der Waals surface area (Å²) in [5.41, 5.74) is 6.70. The van der Waals surface area contributed by atoms with Gasteiger partial charge in [-0.3, -0.25) is 0 Å². The van der Waals surface area contributed by atoms with E-state index in [-0.39, 0.29) is 0 Å². The summed E-state index contributed by atoms with van der Waals surface area (Å²) >= 11 is 0. The molecule has 1 N–H and O–H groups in total. The van der Waals surface area contributed by atoms with Gasteiger partial charge in [0.05, 0.1) is 13.2 Å². The van der Waals surface area contributed by atoms with Crippen molar-refractivity contribution in [2.24, 2.45) is 0 Å². The summed E-state index contributed by atoms with van der Waals surface area (Å²) < 4.78 is 5.55. The van der Waals surface area contributed by atoms with Crippen LogP contribution in [-0.2, 0) is 12.8 Å². The summed E-state index contributed by atoms with van der Waals surface area (Å²) in [5.74, 6) is 0.974. The molecule has 1 atom stereocenters. The number of fused-ring (bicyclic) bond motifs is 1. The lowest BCUT2D eigenvalue weighted by Crippen LogP contribution is -2.07. The largest absolute Gasteiger partial charge is 0.496 e. The van der Waals surface area contributed by atoms with Gasteiger partial charge in [0.15, 0.2) is 0 Å². The molecule has 0 bridgehead atoms. The zero-order valence-corrected chi connectivity index (χ0v) is 13.8. The molecule has 3 rings (SSSR count). The summed E-state index contributed by atoms with van der Waals surface area (Å²) in [6, 6.07) is 13.6. The number of ether oxygens (including phenoxy) is 1. The van der Waals surface area contributed by atoms with Crippen LogP contribution >= 0.6 is 0 Å². The van der Waals surface area contributed by atoms with E-state index in [0.717, 1.165) is 12.2 Å². The van der Waals surface area contributed by atoms with E-state index in [1.165, 1.54) is 47.2 Å². The molecule has 1 aliphatic heterocycles. The summed E-state index contributed by atoms with van der Waals surface area (Å²) in [4.78, 5) is 0. The van der Waals surface area contributed by atoms with Crippen LogP contribution in [0.3, 0.4) is 0 Å². The third kappa shape index (κ3) is 2.96. The van der Waals surface area contributed by atoms with E-state index in [0.29, 0.717) is 6.04 Å². The maximum absolute atomic E-state index is 5.55. The van der Waals surface area contributed by atoms with Crippen molar-refractivity contribution in [2.75, 3.05) is 12.4 Å². The molecule has 22 heavy (non-hydrogen) atoms. The fourth-order valence-corrected chi connectivity index (χ4v) is 3.27. The van der Waals surface area contributed by atoms with Gasteiger partial charge in [-0.05, 0) is 49.4 Å². The van der Waals surface area contributed by atoms with Crippen molar-refractivity contribution in [3.8, 4) is 5.75 Å². The first kappa shape index (κ1) is 15.0. The zero-order chi connectivity index (χ0) is 15.5. The van der Waals surface area contributed by atoms with Crippen LogP contribution in [0.2, 0.25) is 0 Å². The molecule has 1 unspecified atom stereocenters. The second-order valence-corrected chi connectivity index (χ2v) is 6.24. The molecule has 2 aromatic carbocycles. The average Bonchev–Trinajstić information content (AvgIpc) is 2.95. The minimum absolute atomic E-state index is 0.311. The number of hydrogen-bond acceptors (Lipinski definition) is 2. The molecule has 1 aliphatic rings. The Morgan fingerprint density at radius 1 is 1.18 bits per heavy atom. The van der Waals surface area contributed by atoms with Crippen molar-refractivity contribution in [2.45, 2.75) is 45.6 Å². The second kappa shape index (κ2) is 6.43. The van der Waals surface area contributed by atoms with Crippen LogP contribution in [0.15, 0.2) is 36.4 Å². The van der Waals surface area contributed by atoms with Crippen LogP contribution in [0.1, 0.15) is 48.1 Å². The molecule has 0 spiro atoms. The maximum Gasteiger partial charge on any atom is 0.124 e. The highest BCUT2D eigenvalue weighted by Gasteiger charge is 2.24. The van der Waals surface area contributed by atoms with Crippen LogP contribution in [0.4, 0.5) is 5.69 Å². The number of rotatable bonds is 5. The van der Waals surface area contributed by atoms with Gasteiger partial charge < -0.3 is 10.1 Å². The second-order valence-electron chi connectivity index (χ2n) is 6.24. The van der Waals surface area contributed by atoms with E-state index in [2.05, 4.69) is 55.6 Å². The van der Waals surface area contributed by atoms with Gasteiger partial charge in [0, 0.05) is 11.3 Å². The topological polar surface area (TPSA) is 21.3 Å². The minimum Gasteiger partial charge on any atom is -0.496 e. The van der Waals surface area contributed by atoms with E-state index in [9.17, 15) is 0 Å². The maximum atomic E-state index is 5.55. The fourth-order valence-electron chi connectivity index (χ4n) is 3.27. The first-order valence-corrected chi connectivity index (χ1v) is 8.24. The molecule has 0 aliphatic carbocycles. The SMILES string of the molecule is CCCCc1ccc2c(c1)CC(c1cc(C)ccc1OC)N2. The number of unbranched alkanes of at least 4 members (excludes halogenated alkanes) is 1. The molecule has 2 heteroatoms. The van der Waals surface area contributed by atoms with Gasteiger partial charge in [-0.15, -0.1) is 0 Å². The van der Waals surface area contributed by atoms with Crippen LogP contribution in [-0.4, -0.2) is 7.11 Å². The molecule has 2 aromatic rings. The molecule has 1 heterocycles. The number of nitrogens with one attached hydrogen (secondary N) is 1. The van der Waals surface area contributed by atoms with Gasteiger partial charge in [0.25, 0.3) is 0 Å². The Kier molecular flexibility index (Phi) is 4.37. The van der Waals surface area contributed by atoms with Gasteiger partial charge in [0.2, 0.25) is 0 Å². The molecular weight excluding hydrogens is 270 g/mol. The number of methoxy groups -OCH3 is 1. The highest BCUT2D eigenvalue weighted by atomic mass is 16.5.